The molecule has 0 spiro atoms. The lowest BCUT2D eigenvalue weighted by molar-refractivity contribution is -0.122. The van der Waals surface area contributed by atoms with E-state index in [1.54, 1.807) is 49.5 Å². The summed E-state index contributed by atoms with van der Waals surface area (Å²) < 4.78 is 17.7. The number of fused-ring (bicyclic) bond motifs is 1. The zero-order valence-electron chi connectivity index (χ0n) is 21.9. The van der Waals surface area contributed by atoms with Crippen LogP contribution in [0.25, 0.3) is 16.2 Å². The first kappa shape index (κ1) is 28.2. The second kappa shape index (κ2) is 12.0. The molecular weight excluding hydrogens is 586 g/mol. The van der Waals surface area contributed by atoms with Crippen molar-refractivity contribution in [2.24, 2.45) is 0 Å². The number of ether oxygens (including phenoxy) is 3. The smallest absolute Gasteiger partial charge is 0.355 e. The standard InChI is InChI=1S/C30H24ClNO5S3/c1-17-4-10-21-24(14-17)39-27(26(21)31)29(34)37-20-8-5-18(6-9-20)16-25-28(33)32(30(38)40-25)13-12-19-7-11-22(35-2)23(15-19)36-3/h4-11,14-16H,12-13H2,1-3H3/b25-16-. The first-order valence-electron chi connectivity index (χ1n) is 12.2. The van der Waals surface area contributed by atoms with E-state index in [1.165, 1.54) is 23.1 Å². The van der Waals surface area contributed by atoms with Gasteiger partial charge in [0.1, 0.15) is 14.9 Å². The number of methoxy groups -OCH3 is 2. The summed E-state index contributed by atoms with van der Waals surface area (Å²) in [6.07, 6.45) is 2.40. The lowest BCUT2D eigenvalue weighted by Gasteiger charge is -2.15. The molecule has 10 heteroatoms. The number of nitrogens with zero attached hydrogens (tertiary/aromatic N) is 1. The highest BCUT2D eigenvalue weighted by Gasteiger charge is 2.31. The predicted molar refractivity (Wildman–Crippen MR) is 166 cm³/mol. The molecule has 0 bridgehead atoms. The molecule has 6 nitrogen and oxygen atoms in total. The van der Waals surface area contributed by atoms with Gasteiger partial charge in [-0.3, -0.25) is 9.69 Å². The largest absolute Gasteiger partial charge is 0.493 e. The van der Waals surface area contributed by atoms with Gasteiger partial charge < -0.3 is 14.2 Å². The Kier molecular flexibility index (Phi) is 8.46. The maximum atomic E-state index is 13.1. The van der Waals surface area contributed by atoms with E-state index in [9.17, 15) is 9.59 Å². The molecule has 204 valence electrons. The first-order valence-corrected chi connectivity index (χ1v) is 14.7. The number of hydrogen-bond acceptors (Lipinski definition) is 8. The van der Waals surface area contributed by atoms with Crippen LogP contribution in [-0.2, 0) is 11.2 Å². The molecule has 1 amide bonds. The minimum Gasteiger partial charge on any atom is -0.493 e. The van der Waals surface area contributed by atoms with Crippen LogP contribution in [0.1, 0.15) is 26.4 Å². The van der Waals surface area contributed by atoms with Crippen molar-refractivity contribution in [2.45, 2.75) is 13.3 Å². The molecule has 4 aromatic rings. The normalized spacial score (nSPS) is 14.3. The third kappa shape index (κ3) is 5.88. The van der Waals surface area contributed by atoms with Crippen molar-refractivity contribution in [3.63, 3.8) is 0 Å². The van der Waals surface area contributed by atoms with Gasteiger partial charge in [-0.2, -0.15) is 0 Å². The summed E-state index contributed by atoms with van der Waals surface area (Å²) in [7, 11) is 3.18. The second-order valence-corrected chi connectivity index (χ2v) is 12.1. The summed E-state index contributed by atoms with van der Waals surface area (Å²) in [6, 6.07) is 18.5. The quantitative estimate of drug-likeness (QED) is 0.0884. The molecule has 0 N–H and O–H groups in total. The van der Waals surface area contributed by atoms with Crippen LogP contribution in [0.3, 0.4) is 0 Å². The van der Waals surface area contributed by atoms with Crippen LogP contribution in [0.4, 0.5) is 0 Å². The molecule has 0 radical (unpaired) electrons. The molecule has 40 heavy (non-hydrogen) atoms. The van der Waals surface area contributed by atoms with Crippen LogP contribution in [0.5, 0.6) is 17.2 Å². The van der Waals surface area contributed by atoms with E-state index in [1.807, 2.05) is 43.3 Å². The molecule has 0 saturated carbocycles. The number of hydrogen-bond donors (Lipinski definition) is 0. The second-order valence-electron chi connectivity index (χ2n) is 8.98. The highest BCUT2D eigenvalue weighted by molar-refractivity contribution is 8.26. The molecule has 1 aromatic heterocycles. The molecule has 1 fully saturated rings. The Labute approximate surface area is 250 Å². The molecule has 1 aliphatic rings. The Morgan fingerprint density at radius 3 is 2.50 bits per heavy atom. The summed E-state index contributed by atoms with van der Waals surface area (Å²) in [6.45, 7) is 2.44. The van der Waals surface area contributed by atoms with Crippen LogP contribution < -0.4 is 14.2 Å². The van der Waals surface area contributed by atoms with Gasteiger partial charge in [-0.15, -0.1) is 11.3 Å². The number of aryl methyl sites for hydroxylation is 1. The Bertz CT molecular complexity index is 1660. The number of benzene rings is 3. The van der Waals surface area contributed by atoms with E-state index in [4.69, 9.17) is 38.0 Å². The lowest BCUT2D eigenvalue weighted by atomic mass is 10.1. The summed E-state index contributed by atoms with van der Waals surface area (Å²) in [4.78, 5) is 28.4. The van der Waals surface area contributed by atoms with E-state index < -0.39 is 5.97 Å². The van der Waals surface area contributed by atoms with Crippen molar-refractivity contribution >= 4 is 79.3 Å². The number of thiophene rings is 1. The van der Waals surface area contributed by atoms with E-state index in [-0.39, 0.29) is 5.91 Å². The van der Waals surface area contributed by atoms with Gasteiger partial charge >= 0.3 is 5.97 Å². The first-order chi connectivity index (χ1) is 19.3. The van der Waals surface area contributed by atoms with Crippen LogP contribution >= 0.6 is 46.9 Å². The zero-order valence-corrected chi connectivity index (χ0v) is 25.1. The fourth-order valence-corrected chi connectivity index (χ4v) is 7.00. The maximum absolute atomic E-state index is 13.1. The minimum absolute atomic E-state index is 0.138. The molecule has 5 rings (SSSR count). The Morgan fingerprint density at radius 1 is 1.02 bits per heavy atom. The van der Waals surface area contributed by atoms with Crippen LogP contribution in [0, 0.1) is 6.92 Å². The molecule has 1 saturated heterocycles. The molecule has 0 unspecified atom stereocenters. The average Bonchev–Trinajstić information content (AvgIpc) is 3.42. The summed E-state index contributed by atoms with van der Waals surface area (Å²) >= 11 is 14.5. The topological polar surface area (TPSA) is 65.1 Å². The van der Waals surface area contributed by atoms with Crippen molar-refractivity contribution in [3.8, 4) is 17.2 Å². The number of carbonyl (C=O) groups is 2. The number of rotatable bonds is 8. The van der Waals surface area contributed by atoms with Gasteiger partial charge in [-0.05, 0) is 66.4 Å². The predicted octanol–water partition coefficient (Wildman–Crippen LogP) is 7.54. The van der Waals surface area contributed by atoms with Crippen LogP contribution in [0.2, 0.25) is 5.02 Å². The third-order valence-electron chi connectivity index (χ3n) is 6.30. The number of thiocarbonyl (C=S) groups is 1. The van der Waals surface area contributed by atoms with Crippen LogP contribution in [0.15, 0.2) is 65.6 Å². The molecule has 0 atom stereocenters. The van der Waals surface area contributed by atoms with Gasteiger partial charge in [-0.1, -0.05) is 65.9 Å². The Hall–Kier alpha value is -3.37. The SMILES string of the molecule is COc1ccc(CCN2C(=O)/C(=C/c3ccc(OC(=O)c4sc5cc(C)ccc5c4Cl)cc3)SC2=S)cc1OC. The fraction of sp³-hybridized carbons (Fsp3) is 0.167. The molecule has 2 heterocycles. The molecular formula is C30H24ClNO5S3. The molecule has 3 aromatic carbocycles. The Morgan fingerprint density at radius 2 is 1.77 bits per heavy atom. The van der Waals surface area contributed by atoms with Crippen molar-refractivity contribution < 1.29 is 23.8 Å². The van der Waals surface area contributed by atoms with Gasteiger partial charge in [-0.25, -0.2) is 4.79 Å². The maximum Gasteiger partial charge on any atom is 0.355 e. The number of thioether (sulfide) groups is 1. The van der Waals surface area contributed by atoms with Crippen molar-refractivity contribution in [1.29, 1.82) is 0 Å². The van der Waals surface area contributed by atoms with Crippen LogP contribution in [-0.4, -0.2) is 41.9 Å². The molecule has 1 aliphatic heterocycles. The van der Waals surface area contributed by atoms with E-state index in [0.717, 1.165) is 26.8 Å². The lowest BCUT2D eigenvalue weighted by Crippen LogP contribution is -2.30. The number of carbonyl (C=O) groups excluding carboxylic acids is 2. The summed E-state index contributed by atoms with van der Waals surface area (Å²) in [5, 5.41) is 1.23. The zero-order chi connectivity index (χ0) is 28.4. The van der Waals surface area contributed by atoms with Gasteiger partial charge in [0.05, 0.1) is 24.1 Å². The average molecular weight is 610 g/mol. The van der Waals surface area contributed by atoms with E-state index in [0.29, 0.717) is 49.3 Å². The van der Waals surface area contributed by atoms with Gasteiger partial charge in [0.15, 0.2) is 11.5 Å². The van der Waals surface area contributed by atoms with Crippen molar-refractivity contribution in [2.75, 3.05) is 20.8 Å². The van der Waals surface area contributed by atoms with E-state index >= 15 is 0 Å². The number of amides is 1. The molecule has 0 aliphatic carbocycles. The third-order valence-corrected chi connectivity index (χ3v) is 9.32. The van der Waals surface area contributed by atoms with Crippen molar-refractivity contribution in [3.05, 3.63) is 92.2 Å². The number of halogens is 1. The minimum atomic E-state index is -0.507. The Balaban J connectivity index is 1.23. The fourth-order valence-electron chi connectivity index (χ4n) is 4.21. The van der Waals surface area contributed by atoms with Gasteiger partial charge in [0, 0.05) is 16.6 Å². The summed E-state index contributed by atoms with van der Waals surface area (Å²) in [5.41, 5.74) is 2.89. The number of esters is 1. The monoisotopic (exact) mass is 609 g/mol. The van der Waals surface area contributed by atoms with Gasteiger partial charge in [0.25, 0.3) is 5.91 Å². The van der Waals surface area contributed by atoms with Gasteiger partial charge in [0.2, 0.25) is 0 Å². The highest BCUT2D eigenvalue weighted by Crippen LogP contribution is 2.37. The highest BCUT2D eigenvalue weighted by atomic mass is 35.5. The summed E-state index contributed by atoms with van der Waals surface area (Å²) in [5.74, 6) is 1.03. The van der Waals surface area contributed by atoms with Crippen molar-refractivity contribution in [1.82, 2.24) is 4.90 Å². The van der Waals surface area contributed by atoms with E-state index in [2.05, 4.69) is 0 Å².